The molecule has 0 saturated heterocycles. The van der Waals surface area contributed by atoms with E-state index in [1.165, 1.54) is 59.2 Å². The van der Waals surface area contributed by atoms with Crippen molar-refractivity contribution < 1.29 is 45.8 Å². The zero-order valence-corrected chi connectivity index (χ0v) is 47.6. The van der Waals surface area contributed by atoms with Crippen LogP contribution in [-0.2, 0) is 48.9 Å². The number of hydrogen-bond donors (Lipinski definition) is 3. The van der Waals surface area contributed by atoms with Crippen molar-refractivity contribution in [2.45, 2.75) is 94.8 Å². The molecule has 2 aliphatic carbocycles. The van der Waals surface area contributed by atoms with Gasteiger partial charge in [-0.2, -0.15) is 10.2 Å². The number of benzene rings is 5. The molecule has 3 atom stereocenters. The summed E-state index contributed by atoms with van der Waals surface area (Å²) in [5.74, 6) is 0.367. The molecule has 1 fully saturated rings. The Labute approximate surface area is 464 Å². The van der Waals surface area contributed by atoms with Gasteiger partial charge in [-0.1, -0.05) is 111 Å². The van der Waals surface area contributed by atoms with Crippen molar-refractivity contribution in [3.63, 3.8) is 0 Å². The maximum atomic E-state index is 12.6. The van der Waals surface area contributed by atoms with Crippen molar-refractivity contribution in [1.29, 1.82) is 0 Å². The minimum absolute atomic E-state index is 0. The number of fused-ring (bicyclic) bond motifs is 3. The SMILES string of the molecule is CC(C)c1ccc2c(c1)CC[C@H]1[C@](C)(CN)CCC[C@]21C.Cc1[nH]n(-c2cccc(Cl)c2)c(=O)c1N=Nc1cc(S(C)(=O)=O)ccc1[O-].Cc1[nH]n(-c2cccc(Cl)c2)c(=O)c1N=Nc1cc(S(C)(=O)=O)ccc1[O-].[Cr].[H+]. The van der Waals surface area contributed by atoms with E-state index in [-0.39, 0.29) is 51.3 Å². The van der Waals surface area contributed by atoms with Crippen LogP contribution in [0.2, 0.25) is 10.0 Å². The van der Waals surface area contributed by atoms with Crippen molar-refractivity contribution in [2.24, 2.45) is 37.5 Å². The predicted molar refractivity (Wildman–Crippen MR) is 290 cm³/mol. The van der Waals surface area contributed by atoms with Gasteiger partial charge < -0.3 is 15.9 Å². The summed E-state index contributed by atoms with van der Waals surface area (Å²) in [5, 5.41) is 45.7. The number of H-pyrrole nitrogens is 2. The van der Waals surface area contributed by atoms with Crippen LogP contribution in [0.15, 0.2) is 143 Å². The molecule has 1 saturated carbocycles. The molecule has 0 amide bonds. The molecule has 17 nitrogen and oxygen atoms in total. The number of nitrogens with two attached hydrogens (primary N) is 1. The first-order valence-corrected chi connectivity index (χ1v) is 28.6. The molecule has 0 unspecified atom stereocenters. The maximum absolute atomic E-state index is 12.6. The molecule has 7 aromatic rings. The van der Waals surface area contributed by atoms with E-state index in [0.717, 1.165) is 49.2 Å². The van der Waals surface area contributed by atoms with Crippen LogP contribution in [0.4, 0.5) is 22.7 Å². The third-order valence-corrected chi connectivity index (χ3v) is 16.8. The molecule has 2 heterocycles. The Morgan fingerprint density at radius 1 is 0.711 bits per heavy atom. The van der Waals surface area contributed by atoms with Crippen LogP contribution >= 0.6 is 23.2 Å². The van der Waals surface area contributed by atoms with Crippen molar-refractivity contribution >= 4 is 65.6 Å². The van der Waals surface area contributed by atoms with E-state index in [2.05, 4.69) is 76.5 Å². The second kappa shape index (κ2) is 23.6. The van der Waals surface area contributed by atoms with Crippen LogP contribution in [0.1, 0.15) is 88.8 Å². The number of nitrogens with zero attached hydrogens (tertiary/aromatic N) is 6. The van der Waals surface area contributed by atoms with Gasteiger partial charge >= 0.3 is 1.43 Å². The number of aromatic nitrogens is 4. The molecule has 9 rings (SSSR count). The number of sulfone groups is 2. The molecular formula is C54H60Cl2CrN9O8S2-. The van der Waals surface area contributed by atoms with E-state index in [1.807, 2.05) is 0 Å². The molecule has 0 radical (unpaired) electrons. The van der Waals surface area contributed by atoms with Gasteiger partial charge in [-0.15, -0.1) is 10.2 Å². The fraction of sp³-hybridized carbons (Fsp3) is 0.333. The quantitative estimate of drug-likeness (QED) is 0.110. The van der Waals surface area contributed by atoms with E-state index < -0.39 is 42.3 Å². The number of hydrogen-bond acceptors (Lipinski definition) is 13. The van der Waals surface area contributed by atoms with E-state index in [1.54, 1.807) is 73.5 Å². The Kier molecular flexibility index (Phi) is 18.4. The second-order valence-electron chi connectivity index (χ2n) is 19.9. The van der Waals surface area contributed by atoms with Crippen molar-refractivity contribution in [3.05, 3.63) is 162 Å². The van der Waals surface area contributed by atoms with Gasteiger partial charge in [-0.05, 0) is 146 Å². The number of aryl methyl sites for hydroxylation is 3. The Morgan fingerprint density at radius 2 is 1.18 bits per heavy atom. The topological polar surface area (TPSA) is 265 Å². The van der Waals surface area contributed by atoms with E-state index in [0.29, 0.717) is 49.6 Å². The first-order chi connectivity index (χ1) is 35.2. The molecule has 0 bridgehead atoms. The third-order valence-electron chi connectivity index (χ3n) is 14.1. The molecule has 2 aromatic heterocycles. The summed E-state index contributed by atoms with van der Waals surface area (Å²) >= 11 is 11.9. The summed E-state index contributed by atoms with van der Waals surface area (Å²) in [7, 11) is -7.00. The van der Waals surface area contributed by atoms with Gasteiger partial charge in [-0.3, -0.25) is 19.8 Å². The van der Waals surface area contributed by atoms with E-state index in [4.69, 9.17) is 28.9 Å². The molecule has 2 aliphatic rings. The molecule has 0 aliphatic heterocycles. The summed E-state index contributed by atoms with van der Waals surface area (Å²) in [4.78, 5) is 25.1. The average Bonchev–Trinajstić information content (AvgIpc) is 3.81. The van der Waals surface area contributed by atoms with Crippen LogP contribution in [0.3, 0.4) is 0 Å². The van der Waals surface area contributed by atoms with Gasteiger partial charge in [0, 0.05) is 39.9 Å². The zero-order valence-electron chi connectivity index (χ0n) is 44.2. The summed E-state index contributed by atoms with van der Waals surface area (Å²) in [6.45, 7) is 13.6. The van der Waals surface area contributed by atoms with Gasteiger partial charge in [0.05, 0.1) is 43.9 Å². The summed E-state index contributed by atoms with van der Waals surface area (Å²) < 4.78 is 49.0. The number of halogens is 2. The van der Waals surface area contributed by atoms with Crippen LogP contribution in [-0.4, -0.2) is 55.5 Å². The Balaban J connectivity index is 0.000000212. The Morgan fingerprint density at radius 3 is 1.61 bits per heavy atom. The summed E-state index contributed by atoms with van der Waals surface area (Å²) in [6, 6.07) is 27.5. The number of aromatic amines is 2. The second-order valence-corrected chi connectivity index (χ2v) is 24.8. The molecule has 4 N–H and O–H groups in total. The smallest absolute Gasteiger partial charge is 0.871 e. The minimum atomic E-state index is -3.50. The number of nitrogens with one attached hydrogen (secondary N) is 2. The molecule has 0 spiro atoms. The molecule has 76 heavy (non-hydrogen) atoms. The van der Waals surface area contributed by atoms with Gasteiger partial charge in [0.15, 0.2) is 31.0 Å². The Bertz CT molecular complexity index is 3520. The molecule has 402 valence electrons. The van der Waals surface area contributed by atoms with Crippen molar-refractivity contribution in [1.82, 2.24) is 19.6 Å². The summed E-state index contributed by atoms with van der Waals surface area (Å²) in [5.41, 5.74) is 12.2. The third kappa shape index (κ3) is 13.0. The van der Waals surface area contributed by atoms with Crippen LogP contribution in [0.5, 0.6) is 11.5 Å². The minimum Gasteiger partial charge on any atom is -0.871 e. The fourth-order valence-electron chi connectivity index (χ4n) is 9.97. The van der Waals surface area contributed by atoms with Gasteiger partial charge in [-0.25, -0.2) is 26.2 Å². The van der Waals surface area contributed by atoms with Gasteiger partial charge in [0.2, 0.25) is 0 Å². The van der Waals surface area contributed by atoms with Gasteiger partial charge in [0.25, 0.3) is 11.1 Å². The summed E-state index contributed by atoms with van der Waals surface area (Å²) in [6.07, 6.45) is 8.57. The molecule has 22 heteroatoms. The van der Waals surface area contributed by atoms with Crippen LogP contribution in [0.25, 0.3) is 11.4 Å². The normalized spacial score (nSPS) is 18.3. The van der Waals surface area contributed by atoms with Crippen LogP contribution in [0, 0.1) is 25.2 Å². The van der Waals surface area contributed by atoms with E-state index >= 15 is 0 Å². The van der Waals surface area contributed by atoms with Crippen molar-refractivity contribution in [3.8, 4) is 22.9 Å². The largest absolute Gasteiger partial charge is 1.00 e. The van der Waals surface area contributed by atoms with E-state index in [9.17, 15) is 36.6 Å². The standard InChI is InChI=1S/C20H31N.2C17H15ClN4O4S.Cr/c1-14(2)15-6-8-17-16(12-15)7-9-18-19(3,13-21)10-5-11-20(17,18)4;2*1-10-16(17(24)22(21-10)12-5-3-4-11(18)8-12)20-19-14-9-13(27(2,25)26)6-7-15(14)23;/h6,8,12,14,18H,5,7,9-11,13,21H2,1-4H3;2*3-9,21,23H,1-2H3;/p-1/t18-,19-,20+;;;/m0.../s1. The molecule has 5 aromatic carbocycles. The average molecular weight is 1150 g/mol. The number of azo groups is 2. The van der Waals surface area contributed by atoms with Crippen molar-refractivity contribution in [2.75, 3.05) is 19.1 Å². The number of rotatable bonds is 10. The monoisotopic (exact) mass is 1150 g/mol. The predicted octanol–water partition coefficient (Wildman–Crippen LogP) is 10.9. The first-order valence-electron chi connectivity index (χ1n) is 24.1. The maximum Gasteiger partial charge on any atom is 1.00 e. The zero-order chi connectivity index (χ0) is 54.8. The molecular weight excluding hydrogens is 1090 g/mol. The Hall–Kier alpha value is -6.11. The fourth-order valence-corrected chi connectivity index (χ4v) is 11.6. The first kappa shape index (κ1) is 59.1. The van der Waals surface area contributed by atoms with Crippen LogP contribution < -0.4 is 27.1 Å². The van der Waals surface area contributed by atoms with Gasteiger partial charge in [0.1, 0.15) is 0 Å².